The Morgan fingerprint density at radius 3 is 2.44 bits per heavy atom. The molecule has 5 rings (SSSR count). The fourth-order valence-electron chi connectivity index (χ4n) is 4.95. The number of aryl methyl sites for hydroxylation is 1. The number of hydrogen-bond acceptors (Lipinski definition) is 6. The summed E-state index contributed by atoms with van der Waals surface area (Å²) in [5.41, 5.74) is 2.70. The Morgan fingerprint density at radius 1 is 0.974 bits per heavy atom. The quantitative estimate of drug-likeness (QED) is 0.287. The van der Waals surface area contributed by atoms with E-state index in [9.17, 15) is 14.7 Å². The second-order valence-corrected chi connectivity index (χ2v) is 9.61. The summed E-state index contributed by atoms with van der Waals surface area (Å²) in [5, 5.41) is 9.50. The Bertz CT molecular complexity index is 1420. The van der Waals surface area contributed by atoms with Crippen molar-refractivity contribution in [3.63, 3.8) is 0 Å². The number of benzene rings is 3. The molecule has 1 aromatic heterocycles. The molecule has 8 nitrogen and oxygen atoms in total. The summed E-state index contributed by atoms with van der Waals surface area (Å²) in [5.74, 6) is 1.19. The highest BCUT2D eigenvalue weighted by Gasteiger charge is 2.38. The van der Waals surface area contributed by atoms with Crippen LogP contribution in [0.15, 0.2) is 89.3 Å². The topological polar surface area (TPSA) is 102 Å². The fourth-order valence-corrected chi connectivity index (χ4v) is 4.95. The molecule has 1 aliphatic rings. The van der Waals surface area contributed by atoms with Crippen LogP contribution in [0.4, 0.5) is 4.79 Å². The standard InChI is InChI=1S/C31H30N2O6/c1-21-28(32-30(38-21)22-9-4-2-5-10-22)15-16-37-26-14-8-11-23(17-26)27-20-33(19-24(27)18-29(34)35)31(36)39-25-12-6-3-7-13-25/h2-14,17,24,27H,15-16,18-20H2,1H3,(H,34,35)/t24-,27-/m0/s1. The molecular formula is C31H30N2O6. The molecule has 0 unspecified atom stereocenters. The van der Waals surface area contributed by atoms with Crippen molar-refractivity contribution in [3.05, 3.63) is 102 Å². The summed E-state index contributed by atoms with van der Waals surface area (Å²) in [4.78, 5) is 30.6. The van der Waals surface area contributed by atoms with E-state index >= 15 is 0 Å². The maximum atomic E-state index is 12.8. The number of nitrogens with zero attached hydrogens (tertiary/aromatic N) is 2. The van der Waals surface area contributed by atoms with Crippen molar-refractivity contribution in [2.75, 3.05) is 19.7 Å². The number of aliphatic carboxylic acids is 1. The van der Waals surface area contributed by atoms with E-state index in [0.29, 0.717) is 43.5 Å². The number of aromatic nitrogens is 1. The maximum Gasteiger partial charge on any atom is 0.415 e. The summed E-state index contributed by atoms with van der Waals surface area (Å²) in [7, 11) is 0. The molecule has 1 aliphatic heterocycles. The van der Waals surface area contributed by atoms with Gasteiger partial charge in [-0.05, 0) is 54.8 Å². The Hall–Kier alpha value is -4.59. The lowest BCUT2D eigenvalue weighted by molar-refractivity contribution is -0.138. The molecule has 1 saturated heterocycles. The van der Waals surface area contributed by atoms with Crippen LogP contribution >= 0.6 is 0 Å². The van der Waals surface area contributed by atoms with E-state index in [1.54, 1.807) is 29.2 Å². The summed E-state index contributed by atoms with van der Waals surface area (Å²) in [6.07, 6.45) is 0.0562. The van der Waals surface area contributed by atoms with Crippen molar-refractivity contribution in [1.29, 1.82) is 0 Å². The van der Waals surface area contributed by atoms with Gasteiger partial charge in [0.1, 0.15) is 17.3 Å². The smallest absolute Gasteiger partial charge is 0.415 e. The molecule has 8 heteroatoms. The molecule has 0 bridgehead atoms. The number of carboxylic acid groups (broad SMARTS) is 1. The molecule has 39 heavy (non-hydrogen) atoms. The van der Waals surface area contributed by atoms with Crippen LogP contribution in [-0.2, 0) is 11.2 Å². The molecule has 3 aromatic carbocycles. The van der Waals surface area contributed by atoms with Crippen molar-refractivity contribution in [1.82, 2.24) is 9.88 Å². The first kappa shape index (κ1) is 26.0. The SMILES string of the molecule is Cc1oc(-c2ccccc2)nc1CCOc1cccc([C@@H]2CN(C(=O)Oc3ccccc3)C[C@@H]2CC(=O)O)c1. The highest BCUT2D eigenvalue weighted by molar-refractivity contribution is 5.72. The lowest BCUT2D eigenvalue weighted by Gasteiger charge is -2.18. The number of carbonyl (C=O) groups is 2. The van der Waals surface area contributed by atoms with E-state index in [-0.39, 0.29) is 18.3 Å². The molecule has 4 aromatic rings. The third kappa shape index (κ3) is 6.46. The van der Waals surface area contributed by atoms with E-state index < -0.39 is 12.1 Å². The normalized spacial score (nSPS) is 16.7. The minimum absolute atomic E-state index is 0.0416. The Kier molecular flexibility index (Phi) is 7.91. The Labute approximate surface area is 226 Å². The molecule has 1 fully saturated rings. The van der Waals surface area contributed by atoms with Gasteiger partial charge >= 0.3 is 12.1 Å². The van der Waals surface area contributed by atoms with Crippen molar-refractivity contribution in [2.45, 2.75) is 25.7 Å². The first-order valence-corrected chi connectivity index (χ1v) is 12.9. The first-order valence-electron chi connectivity index (χ1n) is 12.9. The van der Waals surface area contributed by atoms with Crippen molar-refractivity contribution < 1.29 is 28.6 Å². The predicted octanol–water partition coefficient (Wildman–Crippen LogP) is 5.96. The molecule has 0 saturated carbocycles. The largest absolute Gasteiger partial charge is 0.493 e. The van der Waals surface area contributed by atoms with Crippen LogP contribution in [-0.4, -0.2) is 46.7 Å². The summed E-state index contributed by atoms with van der Waals surface area (Å²) < 4.78 is 17.4. The van der Waals surface area contributed by atoms with Crippen LogP contribution in [0.2, 0.25) is 0 Å². The number of rotatable bonds is 9. The van der Waals surface area contributed by atoms with Crippen LogP contribution in [0.3, 0.4) is 0 Å². The molecule has 200 valence electrons. The van der Waals surface area contributed by atoms with E-state index in [2.05, 4.69) is 4.98 Å². The van der Waals surface area contributed by atoms with Crippen molar-refractivity contribution in [2.24, 2.45) is 5.92 Å². The van der Waals surface area contributed by atoms with E-state index in [0.717, 1.165) is 22.6 Å². The summed E-state index contributed by atoms with van der Waals surface area (Å²) in [6.45, 7) is 2.98. The lowest BCUT2D eigenvalue weighted by atomic mass is 9.87. The second-order valence-electron chi connectivity index (χ2n) is 9.61. The van der Waals surface area contributed by atoms with Gasteiger partial charge in [0.25, 0.3) is 0 Å². The number of amides is 1. The van der Waals surface area contributed by atoms with Gasteiger partial charge in [0, 0.05) is 31.0 Å². The zero-order chi connectivity index (χ0) is 27.2. The van der Waals surface area contributed by atoms with Gasteiger partial charge in [0.2, 0.25) is 5.89 Å². The zero-order valence-corrected chi connectivity index (χ0v) is 21.7. The van der Waals surface area contributed by atoms with Crippen molar-refractivity contribution in [3.8, 4) is 23.0 Å². The summed E-state index contributed by atoms with van der Waals surface area (Å²) >= 11 is 0. The Morgan fingerprint density at radius 2 is 1.69 bits per heavy atom. The third-order valence-electron chi connectivity index (χ3n) is 6.89. The van der Waals surface area contributed by atoms with Gasteiger partial charge in [-0.3, -0.25) is 4.79 Å². The van der Waals surface area contributed by atoms with Crippen LogP contribution in [0.5, 0.6) is 11.5 Å². The van der Waals surface area contributed by atoms with Crippen LogP contribution in [0, 0.1) is 12.8 Å². The molecule has 2 atom stereocenters. The molecule has 0 spiro atoms. The predicted molar refractivity (Wildman–Crippen MR) is 145 cm³/mol. The molecule has 1 N–H and O–H groups in total. The molecular weight excluding hydrogens is 496 g/mol. The average molecular weight is 527 g/mol. The van der Waals surface area contributed by atoms with Gasteiger partial charge in [0.15, 0.2) is 0 Å². The highest BCUT2D eigenvalue weighted by atomic mass is 16.6. The number of carboxylic acids is 1. The van der Waals surface area contributed by atoms with Gasteiger partial charge in [-0.25, -0.2) is 9.78 Å². The number of oxazole rings is 1. The maximum absolute atomic E-state index is 12.8. The summed E-state index contributed by atoms with van der Waals surface area (Å²) in [6, 6.07) is 26.3. The first-order chi connectivity index (χ1) is 19.0. The van der Waals surface area contributed by atoms with Crippen LogP contribution < -0.4 is 9.47 Å². The number of hydrogen-bond donors (Lipinski definition) is 1. The molecule has 1 amide bonds. The minimum Gasteiger partial charge on any atom is -0.493 e. The molecule has 0 aliphatic carbocycles. The van der Waals surface area contributed by atoms with E-state index in [1.807, 2.05) is 67.6 Å². The fraction of sp³-hybridized carbons (Fsp3) is 0.258. The number of ether oxygens (including phenoxy) is 2. The monoisotopic (exact) mass is 526 g/mol. The molecule has 2 heterocycles. The average Bonchev–Trinajstić information content (AvgIpc) is 3.53. The number of para-hydroxylation sites is 1. The van der Waals surface area contributed by atoms with Gasteiger partial charge in [-0.1, -0.05) is 48.5 Å². The van der Waals surface area contributed by atoms with E-state index in [4.69, 9.17) is 13.9 Å². The van der Waals surface area contributed by atoms with E-state index in [1.165, 1.54) is 0 Å². The highest BCUT2D eigenvalue weighted by Crippen LogP contribution is 2.36. The molecule has 0 radical (unpaired) electrons. The van der Waals surface area contributed by atoms with Crippen LogP contribution in [0.25, 0.3) is 11.5 Å². The third-order valence-corrected chi connectivity index (χ3v) is 6.89. The number of carbonyl (C=O) groups excluding carboxylic acids is 1. The Balaban J connectivity index is 1.23. The minimum atomic E-state index is -0.895. The van der Waals surface area contributed by atoms with Gasteiger partial charge in [0.05, 0.1) is 18.7 Å². The zero-order valence-electron chi connectivity index (χ0n) is 21.7. The second kappa shape index (κ2) is 11.9. The van der Waals surface area contributed by atoms with Gasteiger partial charge < -0.3 is 23.9 Å². The van der Waals surface area contributed by atoms with Gasteiger partial charge in [-0.2, -0.15) is 0 Å². The van der Waals surface area contributed by atoms with Crippen molar-refractivity contribution >= 4 is 12.1 Å². The van der Waals surface area contributed by atoms with Crippen LogP contribution in [0.1, 0.15) is 29.4 Å². The number of likely N-dealkylation sites (tertiary alicyclic amines) is 1. The van der Waals surface area contributed by atoms with Gasteiger partial charge in [-0.15, -0.1) is 0 Å². The lowest BCUT2D eigenvalue weighted by Crippen LogP contribution is -2.31.